The third-order valence-corrected chi connectivity index (χ3v) is 4.04. The van der Waals surface area contributed by atoms with Crippen molar-refractivity contribution in [3.8, 4) is 0 Å². The highest BCUT2D eigenvalue weighted by molar-refractivity contribution is 5.87. The number of rotatable bonds is 12. The minimum atomic E-state index is -0.876. The normalized spacial score (nSPS) is 12.1. The Kier molecular flexibility index (Phi) is 9.36. The van der Waals surface area contributed by atoms with E-state index in [0.717, 1.165) is 12.1 Å². The Bertz CT molecular complexity index is 414. The van der Waals surface area contributed by atoms with Gasteiger partial charge in [-0.25, -0.2) is 4.79 Å². The van der Waals surface area contributed by atoms with Crippen LogP contribution in [0.1, 0.15) is 82.0 Å². The molecule has 0 aliphatic carbocycles. The van der Waals surface area contributed by atoms with Gasteiger partial charge in [-0.2, -0.15) is 0 Å². The summed E-state index contributed by atoms with van der Waals surface area (Å²) < 4.78 is 0. The third-order valence-electron chi connectivity index (χ3n) is 4.04. The number of benzene rings is 1. The van der Waals surface area contributed by atoms with Crippen molar-refractivity contribution in [2.75, 3.05) is 5.32 Å². The Morgan fingerprint density at radius 1 is 1.00 bits per heavy atom. The van der Waals surface area contributed by atoms with Crippen LogP contribution >= 0.6 is 0 Å². The van der Waals surface area contributed by atoms with Crippen molar-refractivity contribution in [3.05, 3.63) is 29.8 Å². The predicted molar refractivity (Wildman–Crippen MR) is 93.7 cm³/mol. The molecular weight excluding hydrogens is 274 g/mol. The minimum absolute atomic E-state index is 0.335. The van der Waals surface area contributed by atoms with Crippen molar-refractivity contribution in [3.63, 3.8) is 0 Å². The van der Waals surface area contributed by atoms with Crippen molar-refractivity contribution >= 4 is 11.7 Å². The number of nitrogens with one attached hydrogen (secondary N) is 1. The van der Waals surface area contributed by atoms with Gasteiger partial charge in [-0.1, -0.05) is 58.3 Å². The van der Waals surface area contributed by atoms with E-state index >= 15 is 0 Å². The summed E-state index contributed by atoms with van der Waals surface area (Å²) in [5.41, 5.74) is 1.33. The molecule has 1 aromatic carbocycles. The van der Waals surface area contributed by atoms with Gasteiger partial charge >= 0.3 is 5.97 Å². The number of unbranched alkanes of at least 4 members (excludes halogenated alkanes) is 7. The second-order valence-corrected chi connectivity index (χ2v) is 6.19. The zero-order chi connectivity index (χ0) is 16.2. The van der Waals surface area contributed by atoms with Crippen LogP contribution in [0, 0.1) is 0 Å². The van der Waals surface area contributed by atoms with Crippen LogP contribution in [-0.4, -0.2) is 17.1 Å². The molecule has 0 radical (unpaired) electrons. The van der Waals surface area contributed by atoms with Crippen LogP contribution in [0.15, 0.2) is 24.3 Å². The van der Waals surface area contributed by atoms with E-state index in [2.05, 4.69) is 19.2 Å². The summed E-state index contributed by atoms with van der Waals surface area (Å²) in [6.45, 7) is 4.44. The topological polar surface area (TPSA) is 49.3 Å². The number of aromatic carboxylic acids is 1. The minimum Gasteiger partial charge on any atom is -0.478 e. The number of carbonyl (C=O) groups is 1. The monoisotopic (exact) mass is 305 g/mol. The standard InChI is InChI=1S/C19H31NO2/c1-3-4-5-6-7-8-9-10-11-16(2)20-18-14-12-17(13-15-18)19(21)22/h12-16,20H,3-11H2,1-2H3,(H,21,22). The molecule has 0 aromatic heterocycles. The van der Waals surface area contributed by atoms with Gasteiger partial charge in [0, 0.05) is 11.7 Å². The average molecular weight is 305 g/mol. The Hall–Kier alpha value is -1.51. The lowest BCUT2D eigenvalue weighted by Gasteiger charge is -2.15. The Labute approximate surface area is 135 Å². The molecule has 3 nitrogen and oxygen atoms in total. The lowest BCUT2D eigenvalue weighted by molar-refractivity contribution is 0.0697. The molecule has 0 saturated heterocycles. The molecule has 3 heteroatoms. The van der Waals surface area contributed by atoms with E-state index in [1.165, 1.54) is 51.4 Å². The van der Waals surface area contributed by atoms with Gasteiger partial charge in [0.05, 0.1) is 5.56 Å². The van der Waals surface area contributed by atoms with E-state index in [4.69, 9.17) is 5.11 Å². The number of carboxylic acid groups (broad SMARTS) is 1. The summed E-state index contributed by atoms with van der Waals surface area (Å²) in [5.74, 6) is -0.876. The molecule has 0 heterocycles. The van der Waals surface area contributed by atoms with Crippen LogP contribution in [-0.2, 0) is 0 Å². The maximum atomic E-state index is 10.8. The third kappa shape index (κ3) is 8.06. The second kappa shape index (κ2) is 11.1. The fourth-order valence-electron chi connectivity index (χ4n) is 2.65. The Morgan fingerprint density at radius 2 is 1.55 bits per heavy atom. The van der Waals surface area contributed by atoms with Crippen molar-refractivity contribution in [2.45, 2.75) is 77.7 Å². The lowest BCUT2D eigenvalue weighted by Crippen LogP contribution is -2.14. The van der Waals surface area contributed by atoms with Gasteiger partial charge in [-0.05, 0) is 37.6 Å². The smallest absolute Gasteiger partial charge is 0.335 e. The fraction of sp³-hybridized carbons (Fsp3) is 0.632. The Balaban J connectivity index is 2.10. The maximum absolute atomic E-state index is 10.8. The SMILES string of the molecule is CCCCCCCCCCC(C)Nc1ccc(C(=O)O)cc1. The summed E-state index contributed by atoms with van der Waals surface area (Å²) in [6.07, 6.45) is 11.9. The van der Waals surface area contributed by atoms with Gasteiger partial charge in [0.2, 0.25) is 0 Å². The summed E-state index contributed by atoms with van der Waals surface area (Å²) in [4.78, 5) is 10.8. The highest BCUT2D eigenvalue weighted by Crippen LogP contribution is 2.15. The number of carboxylic acids is 1. The summed E-state index contributed by atoms with van der Waals surface area (Å²) in [6, 6.07) is 7.40. The highest BCUT2D eigenvalue weighted by Gasteiger charge is 2.04. The van der Waals surface area contributed by atoms with Crippen molar-refractivity contribution < 1.29 is 9.90 Å². The van der Waals surface area contributed by atoms with Crippen LogP contribution in [0.3, 0.4) is 0 Å². The van der Waals surface area contributed by atoms with Crippen LogP contribution in [0.2, 0.25) is 0 Å². The van der Waals surface area contributed by atoms with Crippen molar-refractivity contribution in [2.24, 2.45) is 0 Å². The second-order valence-electron chi connectivity index (χ2n) is 6.19. The quantitative estimate of drug-likeness (QED) is 0.486. The van der Waals surface area contributed by atoms with E-state index < -0.39 is 5.97 Å². The fourth-order valence-corrected chi connectivity index (χ4v) is 2.65. The first-order chi connectivity index (χ1) is 10.6. The maximum Gasteiger partial charge on any atom is 0.335 e. The zero-order valence-corrected chi connectivity index (χ0v) is 14.1. The largest absolute Gasteiger partial charge is 0.478 e. The summed E-state index contributed by atoms with van der Waals surface area (Å²) in [7, 11) is 0. The number of hydrogen-bond donors (Lipinski definition) is 2. The molecule has 1 aromatic rings. The van der Waals surface area contributed by atoms with Crippen LogP contribution in [0.4, 0.5) is 5.69 Å². The molecule has 1 rings (SSSR count). The first-order valence-corrected chi connectivity index (χ1v) is 8.73. The molecule has 0 aliphatic rings. The van der Waals surface area contributed by atoms with Gasteiger partial charge in [0.15, 0.2) is 0 Å². The molecule has 1 unspecified atom stereocenters. The molecule has 2 N–H and O–H groups in total. The van der Waals surface area contributed by atoms with E-state index in [1.807, 2.05) is 12.1 Å². The molecular formula is C19H31NO2. The van der Waals surface area contributed by atoms with Gasteiger partial charge in [-0.15, -0.1) is 0 Å². The van der Waals surface area contributed by atoms with Crippen LogP contribution < -0.4 is 5.32 Å². The van der Waals surface area contributed by atoms with Gasteiger partial charge in [0.1, 0.15) is 0 Å². The van der Waals surface area contributed by atoms with Crippen molar-refractivity contribution in [1.82, 2.24) is 0 Å². The van der Waals surface area contributed by atoms with Crippen LogP contribution in [0.25, 0.3) is 0 Å². The molecule has 0 saturated carbocycles. The number of anilines is 1. The molecule has 1 atom stereocenters. The molecule has 0 aliphatic heterocycles. The van der Waals surface area contributed by atoms with E-state index in [-0.39, 0.29) is 0 Å². The molecule has 0 amide bonds. The van der Waals surface area contributed by atoms with Crippen LogP contribution in [0.5, 0.6) is 0 Å². The first-order valence-electron chi connectivity index (χ1n) is 8.73. The average Bonchev–Trinajstić information content (AvgIpc) is 2.50. The molecule has 22 heavy (non-hydrogen) atoms. The zero-order valence-electron chi connectivity index (χ0n) is 14.1. The molecule has 0 spiro atoms. The van der Waals surface area contributed by atoms with E-state index in [9.17, 15) is 4.79 Å². The lowest BCUT2D eigenvalue weighted by atomic mass is 10.0. The van der Waals surface area contributed by atoms with Gasteiger partial charge in [-0.3, -0.25) is 0 Å². The summed E-state index contributed by atoms with van der Waals surface area (Å²) in [5, 5.41) is 12.3. The number of hydrogen-bond acceptors (Lipinski definition) is 2. The molecule has 0 bridgehead atoms. The molecule has 124 valence electrons. The van der Waals surface area contributed by atoms with Gasteiger partial charge in [0.25, 0.3) is 0 Å². The molecule has 0 fully saturated rings. The summed E-state index contributed by atoms with van der Waals surface area (Å²) >= 11 is 0. The van der Waals surface area contributed by atoms with E-state index in [0.29, 0.717) is 11.6 Å². The first kappa shape index (κ1) is 18.5. The highest BCUT2D eigenvalue weighted by atomic mass is 16.4. The van der Waals surface area contributed by atoms with Gasteiger partial charge < -0.3 is 10.4 Å². The van der Waals surface area contributed by atoms with Crippen molar-refractivity contribution in [1.29, 1.82) is 0 Å². The predicted octanol–water partition coefficient (Wildman–Crippen LogP) is 5.72. The Morgan fingerprint density at radius 3 is 2.09 bits per heavy atom. The van der Waals surface area contributed by atoms with E-state index in [1.54, 1.807) is 12.1 Å².